The molecule has 9 N–H and O–H groups in total. The van der Waals surface area contributed by atoms with Gasteiger partial charge >= 0.3 is 0 Å². The molecular weight excluding hydrogens is 610 g/mol. The molecule has 0 aromatic heterocycles. The van der Waals surface area contributed by atoms with E-state index in [4.69, 9.17) is 37.1 Å². The molecule has 0 saturated heterocycles. The molecule has 0 aromatic rings. The van der Waals surface area contributed by atoms with Crippen LogP contribution in [0.3, 0.4) is 0 Å². The van der Waals surface area contributed by atoms with Crippen molar-refractivity contribution in [1.82, 2.24) is 5.32 Å². The summed E-state index contributed by atoms with van der Waals surface area (Å²) in [6.45, 7) is 15.4. The van der Waals surface area contributed by atoms with Gasteiger partial charge < -0.3 is 42.5 Å². The second-order valence-corrected chi connectivity index (χ2v) is 17.3. The van der Waals surface area contributed by atoms with Gasteiger partial charge in [0.1, 0.15) is 0 Å². The van der Waals surface area contributed by atoms with Gasteiger partial charge in [-0.1, -0.05) is 46.5 Å². The Labute approximate surface area is 302 Å². The fourth-order valence-corrected chi connectivity index (χ4v) is 11.6. The van der Waals surface area contributed by atoms with Crippen LogP contribution in [0.15, 0.2) is 0 Å². The lowest BCUT2D eigenvalue weighted by Gasteiger charge is -2.65. The third kappa shape index (κ3) is 10.6. The zero-order chi connectivity index (χ0) is 35.1. The molecule has 8 heteroatoms. The largest absolute Gasteiger partial charge is 0.378 e. The van der Waals surface area contributed by atoms with E-state index in [-0.39, 0.29) is 5.41 Å². The van der Waals surface area contributed by atoms with Crippen molar-refractivity contribution in [2.24, 2.45) is 69.3 Å². The molecule has 0 aliphatic heterocycles. The van der Waals surface area contributed by atoms with Gasteiger partial charge in [-0.2, -0.15) is 0 Å². The van der Waals surface area contributed by atoms with E-state index in [9.17, 15) is 0 Å². The Morgan fingerprint density at radius 2 is 1.29 bits per heavy atom. The van der Waals surface area contributed by atoms with Crippen LogP contribution >= 0.6 is 0 Å². The molecular formula is C41H81N5O3. The molecule has 4 aliphatic rings. The molecule has 1 unspecified atom stereocenters. The summed E-state index contributed by atoms with van der Waals surface area (Å²) in [7, 11) is 0. The molecule has 0 bridgehead atoms. The number of hydrogen-bond acceptors (Lipinski definition) is 8. The predicted molar refractivity (Wildman–Crippen MR) is 204 cm³/mol. The minimum Gasteiger partial charge on any atom is -0.378 e. The van der Waals surface area contributed by atoms with Crippen molar-refractivity contribution in [2.45, 2.75) is 155 Å². The van der Waals surface area contributed by atoms with Crippen molar-refractivity contribution in [1.29, 1.82) is 0 Å². The van der Waals surface area contributed by atoms with Gasteiger partial charge in [0.05, 0.1) is 18.3 Å². The highest BCUT2D eigenvalue weighted by atomic mass is 16.5. The fourth-order valence-electron chi connectivity index (χ4n) is 11.6. The van der Waals surface area contributed by atoms with Crippen molar-refractivity contribution in [3.63, 3.8) is 0 Å². The van der Waals surface area contributed by atoms with E-state index in [0.717, 1.165) is 65.1 Å². The van der Waals surface area contributed by atoms with E-state index < -0.39 is 0 Å². The number of nitrogens with two attached hydrogens (primary N) is 4. The molecule has 4 rings (SSSR count). The Morgan fingerprint density at radius 3 is 2.00 bits per heavy atom. The van der Waals surface area contributed by atoms with Gasteiger partial charge in [-0.3, -0.25) is 0 Å². The summed E-state index contributed by atoms with van der Waals surface area (Å²) >= 11 is 0. The Bertz CT molecular complexity index is 897. The Balaban J connectivity index is 1.44. The number of ether oxygens (including phenoxy) is 3. The molecule has 0 heterocycles. The zero-order valence-electron chi connectivity index (χ0n) is 32.3. The molecule has 0 spiro atoms. The van der Waals surface area contributed by atoms with E-state index in [1.807, 2.05) is 0 Å². The molecule has 11 atom stereocenters. The summed E-state index contributed by atoms with van der Waals surface area (Å²) in [5, 5.41) is 3.76. The van der Waals surface area contributed by atoms with E-state index in [2.05, 4.69) is 26.1 Å². The fraction of sp³-hybridized carbons (Fsp3) is 1.00. The normalized spacial score (nSPS) is 36.3. The van der Waals surface area contributed by atoms with Crippen LogP contribution in [-0.2, 0) is 14.2 Å². The average molecular weight is 692 g/mol. The maximum atomic E-state index is 7.03. The van der Waals surface area contributed by atoms with Crippen molar-refractivity contribution in [3.05, 3.63) is 0 Å². The first-order chi connectivity index (χ1) is 23.8. The summed E-state index contributed by atoms with van der Waals surface area (Å²) in [4.78, 5) is 0. The van der Waals surface area contributed by atoms with Gasteiger partial charge in [-0.25, -0.2) is 0 Å². The lowest BCUT2D eigenvalue weighted by molar-refractivity contribution is -0.227. The standard InChI is InChI=1S/C41H81N5O3/c1-31(14-10-24-46-23-9-7-5-4-6-8-19-42)34-15-16-35-39-36(30-38(41(34,35)3)49-27-13-22-45)40(2)18-17-33(47-25-11-20-43)28-32(40)29-37(39)48-26-12-21-44/h31-39,46H,4-30,42-45H2,1-3H3/t31-,32+,33-,34?,35+,36+,37-,38+,39+,40+,41-/m1/s1. The highest BCUT2D eigenvalue weighted by Gasteiger charge is 2.66. The number of hydrogen-bond donors (Lipinski definition) is 5. The molecule has 288 valence electrons. The third-order valence-electron chi connectivity index (χ3n) is 14.3. The highest BCUT2D eigenvalue weighted by Crippen LogP contribution is 2.69. The van der Waals surface area contributed by atoms with Crippen LogP contribution in [0, 0.1) is 46.3 Å². The number of fused-ring (bicyclic) bond motifs is 5. The predicted octanol–water partition coefficient (Wildman–Crippen LogP) is 6.37. The van der Waals surface area contributed by atoms with Crippen LogP contribution in [0.2, 0.25) is 0 Å². The van der Waals surface area contributed by atoms with Crippen LogP contribution in [0.25, 0.3) is 0 Å². The van der Waals surface area contributed by atoms with Gasteiger partial charge in [-0.15, -0.1) is 0 Å². The van der Waals surface area contributed by atoms with Crippen LogP contribution in [-0.4, -0.2) is 77.4 Å². The van der Waals surface area contributed by atoms with Crippen LogP contribution < -0.4 is 28.3 Å². The number of unbranched alkanes of at least 4 members (excludes halogenated alkanes) is 5. The summed E-state index contributed by atoms with van der Waals surface area (Å²) < 4.78 is 20.4. The lowest BCUT2D eigenvalue weighted by atomic mass is 9.43. The Morgan fingerprint density at radius 1 is 0.653 bits per heavy atom. The smallest absolute Gasteiger partial charge is 0.0637 e. The minimum absolute atomic E-state index is 0.174. The number of nitrogens with one attached hydrogen (secondary N) is 1. The van der Waals surface area contributed by atoms with Crippen LogP contribution in [0.4, 0.5) is 0 Å². The van der Waals surface area contributed by atoms with E-state index in [0.29, 0.717) is 78.9 Å². The highest BCUT2D eigenvalue weighted by molar-refractivity contribution is 5.15. The SMILES string of the molecule is C[C@H](CCCNCCCCCCCCN)C1CC[C@H]2[C@@H]3[C@H](OCCCN)C[C@@H]4C[C@H](OCCCN)CC[C@]4(C)[C@H]3C[C@H](OCCCN)[C@]12C. The molecule has 4 saturated carbocycles. The van der Waals surface area contributed by atoms with E-state index >= 15 is 0 Å². The Kier molecular flexibility index (Phi) is 18.1. The molecule has 0 aromatic carbocycles. The Hall–Kier alpha value is -0.320. The molecule has 4 fully saturated rings. The van der Waals surface area contributed by atoms with Crippen LogP contribution in [0.5, 0.6) is 0 Å². The quantitative estimate of drug-likeness (QED) is 0.0695. The second-order valence-electron chi connectivity index (χ2n) is 17.3. The molecule has 0 radical (unpaired) electrons. The first-order valence-corrected chi connectivity index (χ1v) is 21.2. The van der Waals surface area contributed by atoms with Crippen molar-refractivity contribution < 1.29 is 14.2 Å². The monoisotopic (exact) mass is 692 g/mol. The van der Waals surface area contributed by atoms with E-state index in [1.165, 1.54) is 89.9 Å². The second kappa shape index (κ2) is 21.4. The van der Waals surface area contributed by atoms with Gasteiger partial charge in [0.2, 0.25) is 0 Å². The summed E-state index contributed by atoms with van der Waals surface area (Å²) in [5.74, 6) is 3.88. The summed E-state index contributed by atoms with van der Waals surface area (Å²) in [6.07, 6.45) is 22.7. The van der Waals surface area contributed by atoms with Gasteiger partial charge in [0.25, 0.3) is 0 Å². The van der Waals surface area contributed by atoms with Gasteiger partial charge in [-0.05, 0) is 170 Å². The number of rotatable bonds is 25. The maximum absolute atomic E-state index is 7.03. The molecule has 49 heavy (non-hydrogen) atoms. The van der Waals surface area contributed by atoms with Gasteiger partial charge in [0.15, 0.2) is 0 Å². The first kappa shape index (κ1) is 41.4. The zero-order valence-corrected chi connectivity index (χ0v) is 32.3. The molecule has 0 amide bonds. The molecule has 4 aliphatic carbocycles. The van der Waals surface area contributed by atoms with E-state index in [1.54, 1.807) is 0 Å². The molecule has 8 nitrogen and oxygen atoms in total. The van der Waals surface area contributed by atoms with Crippen molar-refractivity contribution in [3.8, 4) is 0 Å². The summed E-state index contributed by atoms with van der Waals surface area (Å²) in [5.41, 5.74) is 23.9. The van der Waals surface area contributed by atoms with Gasteiger partial charge in [0, 0.05) is 25.2 Å². The average Bonchev–Trinajstić information content (AvgIpc) is 3.46. The van der Waals surface area contributed by atoms with Crippen LogP contribution in [0.1, 0.15) is 136 Å². The maximum Gasteiger partial charge on any atom is 0.0637 e. The van der Waals surface area contributed by atoms with Crippen molar-refractivity contribution >= 4 is 0 Å². The third-order valence-corrected chi connectivity index (χ3v) is 14.3. The lowest BCUT2D eigenvalue weighted by Crippen LogP contribution is -2.63. The minimum atomic E-state index is 0.174. The first-order valence-electron chi connectivity index (χ1n) is 21.2. The van der Waals surface area contributed by atoms with Crippen molar-refractivity contribution in [2.75, 3.05) is 59.1 Å². The topological polar surface area (TPSA) is 144 Å². The summed E-state index contributed by atoms with van der Waals surface area (Å²) in [6, 6.07) is 0.